The highest BCUT2D eigenvalue weighted by molar-refractivity contribution is 7.68. The Bertz CT molecular complexity index is 1670. The lowest BCUT2D eigenvalue weighted by Gasteiger charge is -2.55. The minimum atomic E-state index is -0.707. The molecule has 0 radical (unpaired) electrons. The molecule has 0 bridgehead atoms. The van der Waals surface area contributed by atoms with Crippen molar-refractivity contribution in [1.82, 2.24) is 19.6 Å². The molecule has 214 valence electrons. The number of benzene rings is 3. The maximum Gasteiger partial charge on any atom is 0.170 e. The van der Waals surface area contributed by atoms with Crippen LogP contribution in [0.1, 0.15) is 40.5 Å². The smallest absolute Gasteiger partial charge is 0.170 e. The number of hydrogen-bond donors (Lipinski definition) is 0. The summed E-state index contributed by atoms with van der Waals surface area (Å²) in [5.41, 5.74) is 7.33. The molecule has 7 rings (SSSR count). The van der Waals surface area contributed by atoms with Gasteiger partial charge in [-0.3, -0.25) is 0 Å². The molecule has 0 unspecified atom stereocenters. The largest absolute Gasteiger partial charge is 0.347 e. The Kier molecular flexibility index (Phi) is 6.69. The van der Waals surface area contributed by atoms with Gasteiger partial charge in [0.15, 0.2) is 5.79 Å². The fourth-order valence-electron chi connectivity index (χ4n) is 7.33. The first-order valence-electron chi connectivity index (χ1n) is 14.7. The van der Waals surface area contributed by atoms with E-state index in [1.807, 2.05) is 18.3 Å². The molecule has 1 spiro atoms. The standard InChI is InChI=1S/C35H37N4O2P/c1-33(2)24-35(40-22-23-41-35)25-34(3,4)42(33)29-20-21-36-39(29)32-30(26-14-8-5-9-15-26)37-38(28-18-12-7-13-19-28)31(32)27-16-10-6-11-17-27/h5-21H,22-25H2,1-4H3. The van der Waals surface area contributed by atoms with Crippen molar-refractivity contribution in [3.05, 3.63) is 103 Å². The van der Waals surface area contributed by atoms with E-state index in [4.69, 9.17) is 19.7 Å². The molecular formula is C35H37N4O2P. The zero-order valence-electron chi connectivity index (χ0n) is 24.7. The van der Waals surface area contributed by atoms with Crippen molar-refractivity contribution in [1.29, 1.82) is 0 Å². The van der Waals surface area contributed by atoms with E-state index in [1.165, 1.54) is 5.44 Å². The molecule has 4 heterocycles. The van der Waals surface area contributed by atoms with Gasteiger partial charge < -0.3 is 9.47 Å². The second-order valence-corrected chi connectivity index (χ2v) is 16.1. The van der Waals surface area contributed by atoms with E-state index in [2.05, 4.69) is 122 Å². The van der Waals surface area contributed by atoms with Crippen molar-refractivity contribution < 1.29 is 9.47 Å². The van der Waals surface area contributed by atoms with Crippen LogP contribution in [0.25, 0.3) is 33.9 Å². The van der Waals surface area contributed by atoms with Crippen LogP contribution in [0.5, 0.6) is 0 Å². The third-order valence-corrected chi connectivity index (χ3v) is 12.0. The summed E-state index contributed by atoms with van der Waals surface area (Å²) < 4.78 is 16.9. The number of aromatic nitrogens is 4. The third kappa shape index (κ3) is 4.63. The van der Waals surface area contributed by atoms with Gasteiger partial charge in [0.25, 0.3) is 0 Å². The third-order valence-electron chi connectivity index (χ3n) is 8.45. The van der Waals surface area contributed by atoms with E-state index in [0.29, 0.717) is 13.2 Å². The summed E-state index contributed by atoms with van der Waals surface area (Å²) in [6.07, 6.45) is 3.68. The van der Waals surface area contributed by atoms with Gasteiger partial charge in [-0.25, -0.2) is 9.36 Å². The SMILES string of the molecule is CC1(C)CC2(CC(C)(C)P1c1ccnn1-c1c(-c3ccccc3)nn(-c3ccccc3)c1-c1ccccc1)OCCO2. The summed E-state index contributed by atoms with van der Waals surface area (Å²) in [7, 11) is -0.707. The molecule has 5 aromatic rings. The predicted molar refractivity (Wildman–Crippen MR) is 170 cm³/mol. The van der Waals surface area contributed by atoms with Crippen LogP contribution in [0.3, 0.4) is 0 Å². The fourth-order valence-corrected chi connectivity index (χ4v) is 11.6. The molecule has 2 aliphatic heterocycles. The van der Waals surface area contributed by atoms with Crippen LogP contribution in [0.15, 0.2) is 103 Å². The van der Waals surface area contributed by atoms with Gasteiger partial charge in [-0.1, -0.05) is 107 Å². The van der Waals surface area contributed by atoms with E-state index in [0.717, 1.165) is 46.7 Å². The Morgan fingerprint density at radius 1 is 0.667 bits per heavy atom. The lowest BCUT2D eigenvalue weighted by atomic mass is 9.91. The lowest BCUT2D eigenvalue weighted by molar-refractivity contribution is -0.178. The predicted octanol–water partition coefficient (Wildman–Crippen LogP) is 7.59. The van der Waals surface area contributed by atoms with Gasteiger partial charge in [0.2, 0.25) is 0 Å². The highest BCUT2D eigenvalue weighted by Crippen LogP contribution is 2.68. The molecule has 2 fully saturated rings. The van der Waals surface area contributed by atoms with Crippen LogP contribution >= 0.6 is 7.92 Å². The zero-order valence-corrected chi connectivity index (χ0v) is 25.6. The Morgan fingerprint density at radius 3 is 1.81 bits per heavy atom. The minimum absolute atomic E-state index is 0.0472. The Labute approximate surface area is 249 Å². The molecule has 7 heteroatoms. The molecule has 42 heavy (non-hydrogen) atoms. The monoisotopic (exact) mass is 576 g/mol. The van der Waals surface area contributed by atoms with Gasteiger partial charge in [-0.15, -0.1) is 0 Å². The molecule has 0 aliphatic carbocycles. The van der Waals surface area contributed by atoms with Gasteiger partial charge in [0, 0.05) is 24.0 Å². The molecule has 0 atom stereocenters. The average Bonchev–Trinajstić information content (AvgIpc) is 3.72. The fraction of sp³-hybridized carbons (Fsp3) is 0.314. The molecule has 0 N–H and O–H groups in total. The van der Waals surface area contributed by atoms with Crippen LogP contribution in [0.4, 0.5) is 0 Å². The summed E-state index contributed by atoms with van der Waals surface area (Å²) in [6.45, 7) is 10.9. The normalized spacial score (nSPS) is 19.3. The minimum Gasteiger partial charge on any atom is -0.347 e. The summed E-state index contributed by atoms with van der Waals surface area (Å²) in [6, 6.07) is 33.7. The molecule has 2 aliphatic rings. The maximum atomic E-state index is 6.29. The second-order valence-electron chi connectivity index (χ2n) is 12.5. The van der Waals surface area contributed by atoms with Crippen molar-refractivity contribution in [3.63, 3.8) is 0 Å². The molecule has 0 amide bonds. The number of ether oxygens (including phenoxy) is 2. The first-order chi connectivity index (χ1) is 20.3. The quantitative estimate of drug-likeness (QED) is 0.202. The van der Waals surface area contributed by atoms with E-state index < -0.39 is 13.7 Å². The number of nitrogens with zero attached hydrogens (tertiary/aromatic N) is 4. The molecule has 2 aromatic heterocycles. The Balaban J connectivity index is 1.49. The molecule has 6 nitrogen and oxygen atoms in total. The Morgan fingerprint density at radius 2 is 1.21 bits per heavy atom. The average molecular weight is 577 g/mol. The van der Waals surface area contributed by atoms with E-state index in [-0.39, 0.29) is 10.3 Å². The van der Waals surface area contributed by atoms with Crippen molar-refractivity contribution in [2.24, 2.45) is 0 Å². The van der Waals surface area contributed by atoms with Crippen molar-refractivity contribution >= 4 is 13.4 Å². The summed E-state index contributed by atoms with van der Waals surface area (Å²) in [5, 5.41) is 10.3. The topological polar surface area (TPSA) is 54.1 Å². The van der Waals surface area contributed by atoms with E-state index in [1.54, 1.807) is 0 Å². The van der Waals surface area contributed by atoms with E-state index in [9.17, 15) is 0 Å². The highest BCUT2D eigenvalue weighted by atomic mass is 31.1. The van der Waals surface area contributed by atoms with Crippen molar-refractivity contribution in [3.8, 4) is 33.9 Å². The lowest BCUT2D eigenvalue weighted by Crippen LogP contribution is -2.53. The second kappa shape index (κ2) is 10.3. The summed E-state index contributed by atoms with van der Waals surface area (Å²) >= 11 is 0. The molecule has 0 saturated carbocycles. The molecule has 3 aromatic carbocycles. The number of hydrogen-bond acceptors (Lipinski definition) is 4. The van der Waals surface area contributed by atoms with Crippen molar-refractivity contribution in [2.75, 3.05) is 13.2 Å². The summed E-state index contributed by atoms with van der Waals surface area (Å²) in [4.78, 5) is 0. The van der Waals surface area contributed by atoms with Crippen LogP contribution < -0.4 is 5.44 Å². The first-order valence-corrected chi connectivity index (χ1v) is 16.0. The number of para-hydroxylation sites is 1. The van der Waals surface area contributed by atoms with Crippen LogP contribution in [-0.4, -0.2) is 48.9 Å². The molecular weight excluding hydrogens is 539 g/mol. The van der Waals surface area contributed by atoms with Gasteiger partial charge in [0.1, 0.15) is 17.1 Å². The van der Waals surface area contributed by atoms with Crippen LogP contribution in [0.2, 0.25) is 0 Å². The van der Waals surface area contributed by atoms with Gasteiger partial charge >= 0.3 is 0 Å². The van der Waals surface area contributed by atoms with Gasteiger partial charge in [-0.05, 0) is 36.4 Å². The first kappa shape index (κ1) is 27.3. The van der Waals surface area contributed by atoms with Gasteiger partial charge in [-0.2, -0.15) is 10.2 Å². The zero-order chi connectivity index (χ0) is 29.0. The van der Waals surface area contributed by atoms with E-state index >= 15 is 0 Å². The van der Waals surface area contributed by atoms with Gasteiger partial charge in [0.05, 0.1) is 30.5 Å². The van der Waals surface area contributed by atoms with Crippen molar-refractivity contribution in [2.45, 2.75) is 56.6 Å². The summed E-state index contributed by atoms with van der Waals surface area (Å²) in [5.74, 6) is -0.501. The highest BCUT2D eigenvalue weighted by Gasteiger charge is 2.57. The van der Waals surface area contributed by atoms with Crippen LogP contribution in [0, 0.1) is 0 Å². The number of rotatable bonds is 5. The maximum absolute atomic E-state index is 6.29. The van der Waals surface area contributed by atoms with Crippen LogP contribution in [-0.2, 0) is 9.47 Å². The Hall–Kier alpha value is -3.57. The molecule has 2 saturated heterocycles.